The number of amides is 1. The van der Waals surface area contributed by atoms with E-state index in [1.165, 1.54) is 0 Å². The second-order valence-corrected chi connectivity index (χ2v) is 6.73. The summed E-state index contributed by atoms with van der Waals surface area (Å²) in [5, 5.41) is 4.36. The molecule has 128 valence electrons. The number of fused-ring (bicyclic) bond motifs is 1. The molecule has 0 aliphatic heterocycles. The number of pyridine rings is 1. The van der Waals surface area contributed by atoms with Crippen LogP contribution in [0.4, 0.5) is 5.69 Å². The number of hydrogen-bond donors (Lipinski definition) is 3. The third-order valence-electron chi connectivity index (χ3n) is 4.21. The number of benzene rings is 2. The first-order valence-corrected chi connectivity index (χ1v) is 8.16. The number of rotatable bonds is 5. The number of hydrogen-bond acceptors (Lipinski definition) is 4. The van der Waals surface area contributed by atoms with Gasteiger partial charge in [0.2, 0.25) is 0 Å². The second kappa shape index (κ2) is 6.53. The van der Waals surface area contributed by atoms with Crippen molar-refractivity contribution in [3.8, 4) is 0 Å². The van der Waals surface area contributed by atoms with E-state index >= 15 is 0 Å². The first-order valence-electron chi connectivity index (χ1n) is 8.16. The van der Waals surface area contributed by atoms with Crippen LogP contribution in [0.15, 0.2) is 60.8 Å². The van der Waals surface area contributed by atoms with E-state index in [1.54, 1.807) is 18.3 Å². The largest absolute Gasteiger partial charge is 0.376 e. The molecule has 0 aliphatic rings. The van der Waals surface area contributed by atoms with Gasteiger partial charge in [-0.3, -0.25) is 9.78 Å². The Kier molecular flexibility index (Phi) is 4.42. The highest BCUT2D eigenvalue weighted by molar-refractivity contribution is 6.07. The molecule has 5 nitrogen and oxygen atoms in total. The summed E-state index contributed by atoms with van der Waals surface area (Å²) in [5.41, 5.74) is 14.3. The summed E-state index contributed by atoms with van der Waals surface area (Å²) < 4.78 is 0. The molecule has 3 aromatic rings. The molecule has 1 atom stereocenters. The van der Waals surface area contributed by atoms with Gasteiger partial charge >= 0.3 is 0 Å². The number of nitrogens with zero attached hydrogens (tertiary/aromatic N) is 1. The topological polar surface area (TPSA) is 94.0 Å². The van der Waals surface area contributed by atoms with Crippen LogP contribution in [0.5, 0.6) is 0 Å². The van der Waals surface area contributed by atoms with Crippen molar-refractivity contribution in [2.75, 3.05) is 5.32 Å². The number of primary amides is 1. The lowest BCUT2D eigenvalue weighted by Crippen LogP contribution is -2.43. The Hall–Kier alpha value is -2.92. The maximum absolute atomic E-state index is 11.7. The van der Waals surface area contributed by atoms with Crippen molar-refractivity contribution in [1.29, 1.82) is 0 Å². The Morgan fingerprint density at radius 3 is 2.44 bits per heavy atom. The molecule has 2 aromatic carbocycles. The molecule has 1 unspecified atom stereocenters. The third kappa shape index (κ3) is 3.46. The van der Waals surface area contributed by atoms with Crippen molar-refractivity contribution < 1.29 is 4.79 Å². The van der Waals surface area contributed by atoms with Crippen molar-refractivity contribution >= 4 is 22.5 Å². The van der Waals surface area contributed by atoms with Crippen molar-refractivity contribution in [2.45, 2.75) is 25.4 Å². The molecule has 0 spiro atoms. The van der Waals surface area contributed by atoms with E-state index in [1.807, 2.05) is 56.3 Å². The average Bonchev–Trinajstić information content (AvgIpc) is 2.58. The predicted molar refractivity (Wildman–Crippen MR) is 101 cm³/mol. The van der Waals surface area contributed by atoms with Gasteiger partial charge in [0.25, 0.3) is 5.91 Å². The first-order chi connectivity index (χ1) is 11.9. The first kappa shape index (κ1) is 16.9. The summed E-state index contributed by atoms with van der Waals surface area (Å²) in [6.07, 6.45) is 1.67. The fraction of sp³-hybridized carbons (Fsp3) is 0.200. The number of aromatic nitrogens is 1. The van der Waals surface area contributed by atoms with Gasteiger partial charge in [-0.1, -0.05) is 42.5 Å². The van der Waals surface area contributed by atoms with E-state index in [0.717, 1.165) is 16.6 Å². The summed E-state index contributed by atoms with van der Waals surface area (Å²) in [5.74, 6) is -0.492. The molecule has 0 saturated carbocycles. The van der Waals surface area contributed by atoms with Crippen LogP contribution in [0.3, 0.4) is 0 Å². The lowest BCUT2D eigenvalue weighted by atomic mass is 9.89. The van der Waals surface area contributed by atoms with Gasteiger partial charge in [-0.2, -0.15) is 0 Å². The minimum absolute atomic E-state index is 0.114. The minimum atomic E-state index is -0.502. The second-order valence-electron chi connectivity index (χ2n) is 6.73. The van der Waals surface area contributed by atoms with Gasteiger partial charge in [-0.15, -0.1) is 0 Å². The van der Waals surface area contributed by atoms with Crippen LogP contribution in [0.2, 0.25) is 0 Å². The molecule has 1 heterocycles. The Morgan fingerprint density at radius 2 is 1.80 bits per heavy atom. The van der Waals surface area contributed by atoms with Gasteiger partial charge in [-0.05, 0) is 31.5 Å². The number of nitrogens with two attached hydrogens (primary N) is 2. The molecule has 1 amide bonds. The zero-order valence-corrected chi connectivity index (χ0v) is 14.4. The monoisotopic (exact) mass is 334 g/mol. The van der Waals surface area contributed by atoms with E-state index in [2.05, 4.69) is 10.3 Å². The molecule has 1 aromatic heterocycles. The molecular formula is C20H22N4O. The lowest BCUT2D eigenvalue weighted by Gasteiger charge is -2.33. The van der Waals surface area contributed by atoms with Crippen LogP contribution >= 0.6 is 0 Å². The normalized spacial score (nSPS) is 12.8. The fourth-order valence-electron chi connectivity index (χ4n) is 3.00. The maximum atomic E-state index is 11.7. The number of carbonyl (C=O) groups excluding carboxylic acids is 1. The van der Waals surface area contributed by atoms with Gasteiger partial charge in [0, 0.05) is 22.8 Å². The molecule has 0 aliphatic carbocycles. The highest BCUT2D eigenvalue weighted by Crippen LogP contribution is 2.32. The zero-order chi connectivity index (χ0) is 18.0. The Bertz CT molecular complexity index is 900. The highest BCUT2D eigenvalue weighted by Gasteiger charge is 2.27. The van der Waals surface area contributed by atoms with Crippen molar-refractivity contribution in [1.82, 2.24) is 4.98 Å². The van der Waals surface area contributed by atoms with E-state index in [4.69, 9.17) is 11.5 Å². The predicted octanol–water partition coefficient (Wildman–Crippen LogP) is 3.22. The molecule has 5 heteroatoms. The highest BCUT2D eigenvalue weighted by atomic mass is 16.1. The Labute approximate surface area is 147 Å². The SMILES string of the molecule is CC(C)(N)C(Nc1ccnc2c(C(N)=O)cccc12)c1ccccc1. The molecule has 0 saturated heterocycles. The van der Waals surface area contributed by atoms with Crippen molar-refractivity contribution in [3.05, 3.63) is 71.9 Å². The molecule has 5 N–H and O–H groups in total. The Morgan fingerprint density at radius 1 is 1.08 bits per heavy atom. The summed E-state index contributed by atoms with van der Waals surface area (Å²) in [6.45, 7) is 3.96. The summed E-state index contributed by atoms with van der Waals surface area (Å²) in [4.78, 5) is 16.0. The lowest BCUT2D eigenvalue weighted by molar-refractivity contribution is 0.100. The van der Waals surface area contributed by atoms with E-state index in [0.29, 0.717) is 11.1 Å². The summed E-state index contributed by atoms with van der Waals surface area (Å²) >= 11 is 0. The van der Waals surface area contributed by atoms with Gasteiger partial charge in [0.15, 0.2) is 0 Å². The number of para-hydroxylation sites is 1. The van der Waals surface area contributed by atoms with Crippen LogP contribution in [0.1, 0.15) is 35.8 Å². The van der Waals surface area contributed by atoms with Crippen molar-refractivity contribution in [3.63, 3.8) is 0 Å². The molecular weight excluding hydrogens is 312 g/mol. The van der Waals surface area contributed by atoms with Gasteiger partial charge in [0.05, 0.1) is 17.1 Å². The van der Waals surface area contributed by atoms with Gasteiger partial charge in [-0.25, -0.2) is 0 Å². The average molecular weight is 334 g/mol. The smallest absolute Gasteiger partial charge is 0.250 e. The van der Waals surface area contributed by atoms with Crippen LogP contribution in [-0.2, 0) is 0 Å². The molecule has 3 rings (SSSR count). The van der Waals surface area contributed by atoms with Gasteiger partial charge < -0.3 is 16.8 Å². The maximum Gasteiger partial charge on any atom is 0.250 e. The van der Waals surface area contributed by atoms with Crippen LogP contribution in [-0.4, -0.2) is 16.4 Å². The number of anilines is 1. The minimum Gasteiger partial charge on any atom is -0.376 e. The fourth-order valence-corrected chi connectivity index (χ4v) is 3.00. The van der Waals surface area contributed by atoms with E-state index < -0.39 is 11.4 Å². The number of carbonyl (C=O) groups is 1. The van der Waals surface area contributed by atoms with E-state index in [9.17, 15) is 4.79 Å². The van der Waals surface area contributed by atoms with Crippen LogP contribution in [0, 0.1) is 0 Å². The van der Waals surface area contributed by atoms with Crippen molar-refractivity contribution in [2.24, 2.45) is 11.5 Å². The Balaban J connectivity index is 2.10. The van der Waals surface area contributed by atoms with Crippen LogP contribution in [0.25, 0.3) is 10.9 Å². The third-order valence-corrected chi connectivity index (χ3v) is 4.21. The zero-order valence-electron chi connectivity index (χ0n) is 14.4. The number of nitrogens with one attached hydrogen (secondary N) is 1. The molecule has 0 bridgehead atoms. The quantitative estimate of drug-likeness (QED) is 0.668. The summed E-state index contributed by atoms with van der Waals surface area (Å²) in [7, 11) is 0. The molecule has 0 radical (unpaired) electrons. The van der Waals surface area contributed by atoms with E-state index in [-0.39, 0.29) is 6.04 Å². The summed E-state index contributed by atoms with van der Waals surface area (Å²) in [6, 6.07) is 17.2. The molecule has 0 fully saturated rings. The molecule has 25 heavy (non-hydrogen) atoms. The standard InChI is InChI=1S/C20H22N4O/c1-20(2,22)18(13-7-4-3-5-8-13)24-16-11-12-23-17-14(16)9-6-10-15(17)19(21)25/h3-12,18H,22H2,1-2H3,(H2,21,25)(H,23,24). The van der Waals surface area contributed by atoms with Crippen LogP contribution < -0.4 is 16.8 Å². The van der Waals surface area contributed by atoms with Gasteiger partial charge in [0.1, 0.15) is 0 Å².